The van der Waals surface area contributed by atoms with Gasteiger partial charge in [-0.05, 0) is 48.1 Å². The molecule has 0 aliphatic heterocycles. The molecule has 0 spiro atoms. The molecule has 0 radical (unpaired) electrons. The second-order valence-corrected chi connectivity index (χ2v) is 10.5. The Morgan fingerprint density at radius 1 is 1.05 bits per heavy atom. The highest BCUT2D eigenvalue weighted by atomic mass is 32.1. The quantitative estimate of drug-likeness (QED) is 0.293. The standard InChI is InChI=1S/C29H36N4O3S/c1-5-10-27(35)32-24(17-28-33-23-14-13-21(19(3)4)16-25(23)37-28)29(36)31-22(18-30-26(34)6-2)15-20-11-8-7-9-12-20/h6-9,11-14,16,19,22,24H,2,5,10,15,17-18H2,1,3-4H3,(H,30,34)(H,31,36)(H,32,35)/t22?,24-/m0/s1. The second kappa shape index (κ2) is 13.7. The Hall–Kier alpha value is -3.52. The maximum absolute atomic E-state index is 13.5. The van der Waals surface area contributed by atoms with Crippen LogP contribution in [-0.2, 0) is 27.2 Å². The molecule has 1 aromatic heterocycles. The van der Waals surface area contributed by atoms with E-state index in [0.717, 1.165) is 20.8 Å². The summed E-state index contributed by atoms with van der Waals surface area (Å²) in [5.41, 5.74) is 3.15. The van der Waals surface area contributed by atoms with Crippen LogP contribution in [0.1, 0.15) is 55.7 Å². The van der Waals surface area contributed by atoms with Crippen molar-refractivity contribution in [2.24, 2.45) is 0 Å². The van der Waals surface area contributed by atoms with Crippen LogP contribution in [0.25, 0.3) is 10.2 Å². The number of benzene rings is 2. The van der Waals surface area contributed by atoms with Crippen LogP contribution in [-0.4, -0.2) is 41.3 Å². The lowest BCUT2D eigenvalue weighted by Crippen LogP contribution is -2.53. The molecule has 8 heteroatoms. The molecule has 0 aliphatic rings. The molecule has 0 saturated carbocycles. The molecule has 3 aromatic rings. The molecule has 196 valence electrons. The summed E-state index contributed by atoms with van der Waals surface area (Å²) < 4.78 is 1.06. The first-order chi connectivity index (χ1) is 17.8. The van der Waals surface area contributed by atoms with Crippen molar-refractivity contribution in [2.75, 3.05) is 6.54 Å². The highest BCUT2D eigenvalue weighted by molar-refractivity contribution is 7.18. The highest BCUT2D eigenvalue weighted by Gasteiger charge is 2.25. The molecule has 2 aromatic carbocycles. The summed E-state index contributed by atoms with van der Waals surface area (Å²) in [5.74, 6) is -0.383. The van der Waals surface area contributed by atoms with E-state index in [4.69, 9.17) is 4.98 Å². The molecule has 2 atom stereocenters. The number of fused-ring (bicyclic) bond motifs is 1. The van der Waals surface area contributed by atoms with Gasteiger partial charge in [0.05, 0.1) is 21.3 Å². The molecule has 3 amide bonds. The average molecular weight is 521 g/mol. The van der Waals surface area contributed by atoms with Crippen LogP contribution in [0.15, 0.2) is 61.2 Å². The van der Waals surface area contributed by atoms with Gasteiger partial charge in [-0.15, -0.1) is 11.3 Å². The van der Waals surface area contributed by atoms with E-state index >= 15 is 0 Å². The third-order valence-corrected chi connectivity index (χ3v) is 7.05. The van der Waals surface area contributed by atoms with E-state index in [1.807, 2.05) is 43.3 Å². The maximum Gasteiger partial charge on any atom is 0.243 e. The van der Waals surface area contributed by atoms with Crippen LogP contribution in [0.5, 0.6) is 0 Å². The first kappa shape index (κ1) is 28.1. The van der Waals surface area contributed by atoms with Crippen molar-refractivity contribution >= 4 is 39.3 Å². The van der Waals surface area contributed by atoms with Crippen molar-refractivity contribution in [3.63, 3.8) is 0 Å². The molecule has 3 N–H and O–H groups in total. The number of nitrogens with one attached hydrogen (secondary N) is 3. The predicted octanol–water partition coefficient (Wildman–Crippen LogP) is 4.28. The van der Waals surface area contributed by atoms with Gasteiger partial charge in [0.15, 0.2) is 0 Å². The molecular weight excluding hydrogens is 484 g/mol. The minimum atomic E-state index is -0.780. The van der Waals surface area contributed by atoms with E-state index in [1.54, 1.807) is 11.3 Å². The molecule has 0 bridgehead atoms. The Labute approximate surface area is 222 Å². The molecule has 3 rings (SSSR count). The van der Waals surface area contributed by atoms with Crippen molar-refractivity contribution in [1.82, 2.24) is 20.9 Å². The summed E-state index contributed by atoms with van der Waals surface area (Å²) in [7, 11) is 0. The van der Waals surface area contributed by atoms with Crippen LogP contribution in [0.2, 0.25) is 0 Å². The van der Waals surface area contributed by atoms with Crippen molar-refractivity contribution in [1.29, 1.82) is 0 Å². The number of hydrogen-bond acceptors (Lipinski definition) is 5. The van der Waals surface area contributed by atoms with Gasteiger partial charge in [-0.2, -0.15) is 0 Å². The van der Waals surface area contributed by atoms with Gasteiger partial charge in [0.25, 0.3) is 0 Å². The van der Waals surface area contributed by atoms with E-state index < -0.39 is 6.04 Å². The number of carbonyl (C=O) groups is 3. The lowest BCUT2D eigenvalue weighted by atomic mass is 10.0. The van der Waals surface area contributed by atoms with Crippen LogP contribution in [0.4, 0.5) is 0 Å². The number of rotatable bonds is 13. The number of amides is 3. The van der Waals surface area contributed by atoms with Crippen molar-refractivity contribution < 1.29 is 14.4 Å². The van der Waals surface area contributed by atoms with Gasteiger partial charge < -0.3 is 16.0 Å². The smallest absolute Gasteiger partial charge is 0.243 e. The highest BCUT2D eigenvalue weighted by Crippen LogP contribution is 2.27. The number of aromatic nitrogens is 1. The second-order valence-electron chi connectivity index (χ2n) is 9.41. The Balaban J connectivity index is 1.80. The third-order valence-electron chi connectivity index (χ3n) is 6.01. The Bertz CT molecular complexity index is 1220. The van der Waals surface area contributed by atoms with Gasteiger partial charge in [0, 0.05) is 19.4 Å². The Kier molecular flexibility index (Phi) is 10.4. The van der Waals surface area contributed by atoms with Gasteiger partial charge in [-0.25, -0.2) is 4.98 Å². The predicted molar refractivity (Wildman–Crippen MR) is 150 cm³/mol. The van der Waals surface area contributed by atoms with Crippen LogP contribution >= 0.6 is 11.3 Å². The molecule has 1 heterocycles. The Morgan fingerprint density at radius 2 is 1.81 bits per heavy atom. The van der Waals surface area contributed by atoms with Crippen LogP contribution in [0, 0.1) is 0 Å². The number of hydrogen-bond donors (Lipinski definition) is 3. The van der Waals surface area contributed by atoms with Gasteiger partial charge in [-0.1, -0.05) is 63.7 Å². The minimum absolute atomic E-state index is 0.176. The zero-order valence-corrected chi connectivity index (χ0v) is 22.6. The van der Waals surface area contributed by atoms with Gasteiger partial charge >= 0.3 is 0 Å². The van der Waals surface area contributed by atoms with E-state index in [-0.39, 0.29) is 36.7 Å². The monoisotopic (exact) mass is 520 g/mol. The first-order valence-electron chi connectivity index (χ1n) is 12.7. The topological polar surface area (TPSA) is 100 Å². The molecule has 0 fully saturated rings. The number of nitrogens with zero attached hydrogens (tertiary/aromatic N) is 1. The number of carbonyl (C=O) groups excluding carboxylic acids is 3. The summed E-state index contributed by atoms with van der Waals surface area (Å²) >= 11 is 1.54. The van der Waals surface area contributed by atoms with E-state index in [2.05, 4.69) is 48.5 Å². The molecule has 1 unspecified atom stereocenters. The fourth-order valence-electron chi connectivity index (χ4n) is 3.98. The van der Waals surface area contributed by atoms with Gasteiger partial charge in [-0.3, -0.25) is 14.4 Å². The maximum atomic E-state index is 13.5. The summed E-state index contributed by atoms with van der Waals surface area (Å²) in [6.07, 6.45) is 3.04. The SMILES string of the molecule is C=CC(=O)NCC(Cc1ccccc1)NC(=O)[C@H](Cc1nc2ccc(C(C)C)cc2s1)NC(=O)CCC. The molecule has 0 aliphatic carbocycles. The third kappa shape index (κ3) is 8.53. The van der Waals surface area contributed by atoms with E-state index in [0.29, 0.717) is 25.2 Å². The molecule has 0 saturated heterocycles. The van der Waals surface area contributed by atoms with Crippen LogP contribution in [0.3, 0.4) is 0 Å². The normalized spacial score (nSPS) is 12.6. The van der Waals surface area contributed by atoms with E-state index in [9.17, 15) is 14.4 Å². The summed E-state index contributed by atoms with van der Waals surface area (Å²) in [5, 5.41) is 9.50. The summed E-state index contributed by atoms with van der Waals surface area (Å²) in [6.45, 7) is 9.95. The van der Waals surface area contributed by atoms with Crippen molar-refractivity contribution in [2.45, 2.75) is 64.5 Å². The van der Waals surface area contributed by atoms with E-state index in [1.165, 1.54) is 11.6 Å². The van der Waals surface area contributed by atoms with Crippen molar-refractivity contribution in [3.05, 3.63) is 77.3 Å². The lowest BCUT2D eigenvalue weighted by Gasteiger charge is -2.23. The average Bonchev–Trinajstić information content (AvgIpc) is 3.29. The minimum Gasteiger partial charge on any atom is -0.350 e. The summed E-state index contributed by atoms with van der Waals surface area (Å²) in [4.78, 5) is 42.5. The molecular formula is C29H36N4O3S. The molecule has 7 nitrogen and oxygen atoms in total. The Morgan fingerprint density at radius 3 is 2.49 bits per heavy atom. The lowest BCUT2D eigenvalue weighted by molar-refractivity contribution is -0.129. The fourth-order valence-corrected chi connectivity index (χ4v) is 5.04. The largest absolute Gasteiger partial charge is 0.350 e. The fraction of sp³-hybridized carbons (Fsp3) is 0.379. The van der Waals surface area contributed by atoms with Crippen molar-refractivity contribution in [3.8, 4) is 0 Å². The molecule has 37 heavy (non-hydrogen) atoms. The number of thiazole rings is 1. The first-order valence-corrected chi connectivity index (χ1v) is 13.5. The van der Waals surface area contributed by atoms with Gasteiger partial charge in [0.1, 0.15) is 6.04 Å². The summed E-state index contributed by atoms with van der Waals surface area (Å²) in [6, 6.07) is 14.8. The zero-order chi connectivity index (χ0) is 26.8. The van der Waals surface area contributed by atoms with Crippen LogP contribution < -0.4 is 16.0 Å². The zero-order valence-electron chi connectivity index (χ0n) is 21.8. The van der Waals surface area contributed by atoms with Gasteiger partial charge in [0.2, 0.25) is 17.7 Å².